The topological polar surface area (TPSA) is 26.5 Å². The van der Waals surface area contributed by atoms with Crippen molar-refractivity contribution in [2.45, 2.75) is 31.3 Å². The number of pyridine rings is 1. The standard InChI is InChI=1S/C40H30N2O/c1-40(2)33-16-7-6-13-29(33)31-23-32-30-15-10-14-28(39(30)43-35(32)24-34(31)40)25-18-20-26(21-19-25)37-38(27-11-4-3-5-12-27)42-22-9-8-17-36(42)41-37/h3-24,32,35H,1-2H3. The molecule has 0 N–H and O–H groups in total. The van der Waals surface area contributed by atoms with E-state index < -0.39 is 0 Å². The summed E-state index contributed by atoms with van der Waals surface area (Å²) in [5.74, 6) is 1.21. The first-order chi connectivity index (χ1) is 21.1. The summed E-state index contributed by atoms with van der Waals surface area (Å²) in [5.41, 5.74) is 14.3. The van der Waals surface area contributed by atoms with Gasteiger partial charge in [-0.05, 0) is 46.0 Å². The summed E-state index contributed by atoms with van der Waals surface area (Å²) in [7, 11) is 0. The third-order valence-corrected chi connectivity index (χ3v) is 9.59. The molecule has 9 rings (SSSR count). The normalized spacial score (nSPS) is 19.1. The van der Waals surface area contributed by atoms with E-state index in [4.69, 9.17) is 9.72 Å². The molecule has 3 heterocycles. The van der Waals surface area contributed by atoms with Crippen molar-refractivity contribution in [3.05, 3.63) is 156 Å². The number of hydrogen-bond acceptors (Lipinski definition) is 2. The maximum atomic E-state index is 6.79. The van der Waals surface area contributed by atoms with E-state index in [1.54, 1.807) is 0 Å². The van der Waals surface area contributed by atoms with Crippen LogP contribution in [0.25, 0.3) is 44.9 Å². The van der Waals surface area contributed by atoms with Crippen molar-refractivity contribution in [3.8, 4) is 39.4 Å². The maximum Gasteiger partial charge on any atom is 0.137 e. The number of para-hydroxylation sites is 1. The molecule has 0 saturated carbocycles. The Bertz CT molecular complexity index is 2130. The Morgan fingerprint density at radius 3 is 2.28 bits per heavy atom. The van der Waals surface area contributed by atoms with Gasteiger partial charge in [0.05, 0.1) is 11.4 Å². The van der Waals surface area contributed by atoms with Gasteiger partial charge in [0, 0.05) is 39.8 Å². The Labute approximate surface area is 251 Å². The van der Waals surface area contributed by atoms with E-state index in [2.05, 4.69) is 146 Å². The van der Waals surface area contributed by atoms with E-state index in [0.717, 1.165) is 45.0 Å². The Balaban J connectivity index is 1.11. The summed E-state index contributed by atoms with van der Waals surface area (Å²) >= 11 is 0. The molecule has 4 aromatic carbocycles. The zero-order valence-electron chi connectivity index (χ0n) is 24.2. The zero-order valence-corrected chi connectivity index (χ0v) is 24.2. The minimum atomic E-state index is -0.0271. The lowest BCUT2D eigenvalue weighted by atomic mass is 9.77. The number of allylic oxidation sites excluding steroid dienone is 2. The van der Waals surface area contributed by atoms with Gasteiger partial charge in [-0.15, -0.1) is 0 Å². The van der Waals surface area contributed by atoms with Crippen LogP contribution in [0, 0.1) is 0 Å². The third-order valence-electron chi connectivity index (χ3n) is 9.59. The summed E-state index contributed by atoms with van der Waals surface area (Å²) in [6.45, 7) is 4.67. The predicted octanol–water partition coefficient (Wildman–Crippen LogP) is 9.49. The molecule has 2 unspecified atom stereocenters. The van der Waals surface area contributed by atoms with Crippen LogP contribution in [0.4, 0.5) is 0 Å². The predicted molar refractivity (Wildman–Crippen MR) is 174 cm³/mol. The Kier molecular flexibility index (Phi) is 5.07. The molecule has 3 nitrogen and oxygen atoms in total. The first-order valence-corrected chi connectivity index (χ1v) is 15.1. The number of fused-ring (bicyclic) bond motifs is 7. The minimum Gasteiger partial charge on any atom is -0.484 e. The van der Waals surface area contributed by atoms with E-state index in [0.29, 0.717) is 0 Å². The Morgan fingerprint density at radius 1 is 0.674 bits per heavy atom. The van der Waals surface area contributed by atoms with Gasteiger partial charge in [-0.25, -0.2) is 4.98 Å². The fourth-order valence-corrected chi connectivity index (χ4v) is 7.47. The van der Waals surface area contributed by atoms with E-state index in [-0.39, 0.29) is 17.4 Å². The second-order valence-corrected chi connectivity index (χ2v) is 12.3. The zero-order chi connectivity index (χ0) is 28.7. The van der Waals surface area contributed by atoms with Gasteiger partial charge in [0.25, 0.3) is 0 Å². The van der Waals surface area contributed by atoms with E-state index in [1.165, 1.54) is 27.8 Å². The molecule has 43 heavy (non-hydrogen) atoms. The van der Waals surface area contributed by atoms with Gasteiger partial charge in [0.15, 0.2) is 0 Å². The smallest absolute Gasteiger partial charge is 0.137 e. The SMILES string of the molecule is CC1(C)C2=CC3Oc4c(-c5ccc(-c6nc7ccccn7c6-c6ccccc6)cc5)cccc4C3C=C2c2ccccc21. The van der Waals surface area contributed by atoms with Crippen molar-refractivity contribution in [1.29, 1.82) is 0 Å². The number of ether oxygens (including phenoxy) is 1. The average Bonchev–Trinajstić information content (AvgIpc) is 3.69. The molecule has 0 radical (unpaired) electrons. The highest BCUT2D eigenvalue weighted by molar-refractivity contribution is 5.92. The first-order valence-electron chi connectivity index (χ1n) is 15.1. The van der Waals surface area contributed by atoms with Crippen LogP contribution in [-0.4, -0.2) is 15.5 Å². The van der Waals surface area contributed by atoms with Crippen molar-refractivity contribution >= 4 is 11.2 Å². The lowest BCUT2D eigenvalue weighted by molar-refractivity contribution is 0.268. The number of rotatable bonds is 3. The first kappa shape index (κ1) is 24.4. The number of imidazole rings is 1. The van der Waals surface area contributed by atoms with Gasteiger partial charge in [-0.2, -0.15) is 0 Å². The molecule has 3 heteroatoms. The molecule has 206 valence electrons. The number of benzene rings is 4. The number of hydrogen-bond donors (Lipinski definition) is 0. The van der Waals surface area contributed by atoms with Gasteiger partial charge < -0.3 is 4.74 Å². The molecule has 0 saturated heterocycles. The molecular formula is C40H30N2O. The molecule has 0 bridgehead atoms. The van der Waals surface area contributed by atoms with Crippen LogP contribution in [0.2, 0.25) is 0 Å². The van der Waals surface area contributed by atoms with Crippen LogP contribution in [-0.2, 0) is 5.41 Å². The van der Waals surface area contributed by atoms with Gasteiger partial charge in [0.2, 0.25) is 0 Å². The van der Waals surface area contributed by atoms with Crippen molar-refractivity contribution in [3.63, 3.8) is 0 Å². The monoisotopic (exact) mass is 554 g/mol. The summed E-state index contributed by atoms with van der Waals surface area (Å²) in [5, 5.41) is 0. The molecule has 3 aliphatic rings. The second kappa shape index (κ2) is 8.92. The van der Waals surface area contributed by atoms with Crippen LogP contribution in [0.15, 0.2) is 139 Å². The molecular weight excluding hydrogens is 524 g/mol. The fraction of sp³-hybridized carbons (Fsp3) is 0.125. The third kappa shape index (κ3) is 3.51. The highest BCUT2D eigenvalue weighted by Crippen LogP contribution is 2.56. The highest BCUT2D eigenvalue weighted by Gasteiger charge is 2.44. The summed E-state index contributed by atoms with van der Waals surface area (Å²) in [6.07, 6.45) is 6.95. The quantitative estimate of drug-likeness (QED) is 0.218. The highest BCUT2D eigenvalue weighted by atomic mass is 16.5. The molecule has 0 amide bonds. The van der Waals surface area contributed by atoms with Crippen molar-refractivity contribution < 1.29 is 4.74 Å². The van der Waals surface area contributed by atoms with Gasteiger partial charge in [0.1, 0.15) is 17.5 Å². The van der Waals surface area contributed by atoms with E-state index in [9.17, 15) is 0 Å². The van der Waals surface area contributed by atoms with Gasteiger partial charge >= 0.3 is 0 Å². The lowest BCUT2D eigenvalue weighted by Gasteiger charge is -2.27. The van der Waals surface area contributed by atoms with Gasteiger partial charge in [-0.3, -0.25) is 4.40 Å². The van der Waals surface area contributed by atoms with Crippen molar-refractivity contribution in [2.24, 2.45) is 0 Å². The number of nitrogens with zero attached hydrogens (tertiary/aromatic N) is 2. The number of aromatic nitrogens is 2. The van der Waals surface area contributed by atoms with E-state index in [1.807, 2.05) is 6.07 Å². The Hall–Kier alpha value is -5.15. The molecule has 0 fully saturated rings. The average molecular weight is 555 g/mol. The lowest BCUT2D eigenvalue weighted by Crippen LogP contribution is -2.23. The second-order valence-electron chi connectivity index (χ2n) is 12.3. The fourth-order valence-electron chi connectivity index (χ4n) is 7.47. The molecule has 2 aliphatic carbocycles. The summed E-state index contributed by atoms with van der Waals surface area (Å²) < 4.78 is 8.97. The van der Waals surface area contributed by atoms with E-state index >= 15 is 0 Å². The minimum absolute atomic E-state index is 0.00849. The van der Waals surface area contributed by atoms with Crippen LogP contribution in [0.5, 0.6) is 5.75 Å². The molecule has 1 aliphatic heterocycles. The molecule has 2 aromatic heterocycles. The van der Waals surface area contributed by atoms with Crippen LogP contribution < -0.4 is 4.74 Å². The van der Waals surface area contributed by atoms with Crippen LogP contribution in [0.3, 0.4) is 0 Å². The van der Waals surface area contributed by atoms with Crippen molar-refractivity contribution in [2.75, 3.05) is 0 Å². The van der Waals surface area contributed by atoms with Crippen LogP contribution >= 0.6 is 0 Å². The summed E-state index contributed by atoms with van der Waals surface area (Å²) in [4.78, 5) is 5.05. The summed E-state index contributed by atoms with van der Waals surface area (Å²) in [6, 6.07) is 40.9. The van der Waals surface area contributed by atoms with Crippen LogP contribution in [0.1, 0.15) is 36.5 Å². The maximum absolute atomic E-state index is 6.79. The Morgan fingerprint density at radius 2 is 1.42 bits per heavy atom. The molecule has 0 spiro atoms. The molecule has 2 atom stereocenters. The largest absolute Gasteiger partial charge is 0.484 e. The van der Waals surface area contributed by atoms with Crippen molar-refractivity contribution in [1.82, 2.24) is 9.38 Å². The van der Waals surface area contributed by atoms with Gasteiger partial charge in [-0.1, -0.05) is 123 Å². The molecule has 6 aromatic rings.